The Balaban J connectivity index is 2.02. The lowest BCUT2D eigenvalue weighted by atomic mass is 9.89. The Hall–Kier alpha value is -1.52. The number of benzene rings is 1. The van der Waals surface area contributed by atoms with Gasteiger partial charge in [0, 0.05) is 20.0 Å². The van der Waals surface area contributed by atoms with Crippen LogP contribution in [0.4, 0.5) is 13.2 Å². The minimum Gasteiger partial charge on any atom is -0.343 e. The molecule has 0 aromatic heterocycles. The second kappa shape index (κ2) is 5.23. The fraction of sp³-hybridized carbons (Fsp3) is 0.500. The summed E-state index contributed by atoms with van der Waals surface area (Å²) < 4.78 is 37.3. The molecule has 1 aromatic carbocycles. The van der Waals surface area contributed by atoms with Gasteiger partial charge in [-0.1, -0.05) is 12.1 Å². The zero-order valence-electron chi connectivity index (χ0n) is 10.6. The molecule has 1 aromatic rings. The molecule has 1 radical (unpaired) electrons. The molecule has 1 saturated heterocycles. The second-order valence-electron chi connectivity index (χ2n) is 4.81. The average molecular weight is 270 g/mol. The highest BCUT2D eigenvalue weighted by atomic mass is 19.4. The lowest BCUT2D eigenvalue weighted by Crippen LogP contribution is -2.36. The molecule has 0 bridgehead atoms. The van der Waals surface area contributed by atoms with Gasteiger partial charge in [0.25, 0.3) is 0 Å². The van der Waals surface area contributed by atoms with Gasteiger partial charge in [-0.05, 0) is 36.5 Å². The van der Waals surface area contributed by atoms with E-state index in [2.05, 4.69) is 6.07 Å². The summed E-state index contributed by atoms with van der Waals surface area (Å²) in [5, 5.41) is 0. The van der Waals surface area contributed by atoms with Crippen LogP contribution in [0.3, 0.4) is 0 Å². The molecular formula is C14H15F3NO. The minimum atomic E-state index is -4.34. The van der Waals surface area contributed by atoms with Crippen molar-refractivity contribution in [2.45, 2.75) is 31.9 Å². The number of likely N-dealkylation sites (tertiary alicyclic amines) is 1. The third kappa shape index (κ3) is 3.28. The Kier molecular flexibility index (Phi) is 3.83. The predicted octanol–water partition coefficient (Wildman–Crippen LogP) is 3.23. The monoisotopic (exact) mass is 270 g/mol. The van der Waals surface area contributed by atoms with Gasteiger partial charge < -0.3 is 4.90 Å². The predicted molar refractivity (Wildman–Crippen MR) is 64.5 cm³/mol. The van der Waals surface area contributed by atoms with Crippen LogP contribution >= 0.6 is 0 Å². The van der Waals surface area contributed by atoms with Crippen LogP contribution in [-0.2, 0) is 11.0 Å². The van der Waals surface area contributed by atoms with Gasteiger partial charge in [0.2, 0.25) is 5.91 Å². The van der Waals surface area contributed by atoms with Gasteiger partial charge in [-0.25, -0.2) is 0 Å². The van der Waals surface area contributed by atoms with Crippen LogP contribution in [0.15, 0.2) is 18.2 Å². The number of hydrogen-bond acceptors (Lipinski definition) is 1. The van der Waals surface area contributed by atoms with Crippen molar-refractivity contribution in [2.24, 2.45) is 0 Å². The van der Waals surface area contributed by atoms with Crippen molar-refractivity contribution in [1.29, 1.82) is 0 Å². The molecule has 1 aliphatic rings. The van der Waals surface area contributed by atoms with E-state index in [0.29, 0.717) is 13.1 Å². The SMILES string of the molecule is CC(=O)N1CCC(c2c[c]c(C(F)(F)F)cc2)CC1. The second-order valence-corrected chi connectivity index (χ2v) is 4.81. The molecule has 2 nitrogen and oxygen atoms in total. The molecule has 19 heavy (non-hydrogen) atoms. The van der Waals surface area contributed by atoms with Gasteiger partial charge in [-0.2, -0.15) is 13.2 Å². The first kappa shape index (κ1) is 13.9. The largest absolute Gasteiger partial charge is 0.417 e. The Labute approximate surface area is 110 Å². The number of halogens is 3. The van der Waals surface area contributed by atoms with E-state index in [4.69, 9.17) is 0 Å². The Morgan fingerprint density at radius 3 is 2.37 bits per heavy atom. The van der Waals surface area contributed by atoms with Gasteiger partial charge >= 0.3 is 6.18 Å². The van der Waals surface area contributed by atoms with Crippen LogP contribution in [0.2, 0.25) is 0 Å². The number of nitrogens with zero attached hydrogens (tertiary/aromatic N) is 1. The van der Waals surface area contributed by atoms with E-state index in [1.165, 1.54) is 19.1 Å². The quantitative estimate of drug-likeness (QED) is 0.767. The first-order valence-corrected chi connectivity index (χ1v) is 6.22. The first-order valence-electron chi connectivity index (χ1n) is 6.22. The Bertz CT molecular complexity index is 445. The molecule has 0 aliphatic carbocycles. The van der Waals surface area contributed by atoms with Crippen molar-refractivity contribution >= 4 is 5.91 Å². The summed E-state index contributed by atoms with van der Waals surface area (Å²) in [6.45, 7) is 2.87. The highest BCUT2D eigenvalue weighted by Gasteiger charge is 2.31. The van der Waals surface area contributed by atoms with E-state index in [-0.39, 0.29) is 11.8 Å². The number of carbonyl (C=O) groups excluding carboxylic acids is 1. The molecule has 2 rings (SSSR count). The standard InChI is InChI=1S/C14H15F3NO/c1-10(19)18-8-6-12(7-9-18)11-2-4-13(5-3-11)14(15,16)17/h2-4,12H,6-9H2,1H3. The lowest BCUT2D eigenvalue weighted by molar-refractivity contribution is -0.137. The molecule has 5 heteroatoms. The molecule has 0 unspecified atom stereocenters. The zero-order chi connectivity index (χ0) is 14.0. The van der Waals surface area contributed by atoms with Crippen LogP contribution in [0, 0.1) is 6.07 Å². The van der Waals surface area contributed by atoms with Crippen molar-refractivity contribution in [3.63, 3.8) is 0 Å². The number of rotatable bonds is 1. The van der Waals surface area contributed by atoms with E-state index in [0.717, 1.165) is 24.5 Å². The van der Waals surface area contributed by atoms with Crippen molar-refractivity contribution in [2.75, 3.05) is 13.1 Å². The summed E-state index contributed by atoms with van der Waals surface area (Å²) in [5.74, 6) is 0.270. The van der Waals surface area contributed by atoms with E-state index in [9.17, 15) is 18.0 Å². The van der Waals surface area contributed by atoms with Crippen molar-refractivity contribution in [3.05, 3.63) is 35.4 Å². The van der Waals surface area contributed by atoms with Gasteiger partial charge in [0.1, 0.15) is 0 Å². The smallest absolute Gasteiger partial charge is 0.343 e. The Morgan fingerprint density at radius 2 is 1.95 bits per heavy atom. The summed E-state index contributed by atoms with van der Waals surface area (Å²) in [6, 6.07) is 6.33. The molecule has 1 amide bonds. The molecule has 103 valence electrons. The maximum absolute atomic E-state index is 12.4. The summed E-state index contributed by atoms with van der Waals surface area (Å²) in [7, 11) is 0. The summed E-state index contributed by atoms with van der Waals surface area (Å²) >= 11 is 0. The number of amides is 1. The van der Waals surface area contributed by atoms with Crippen LogP contribution in [0.25, 0.3) is 0 Å². The molecule has 1 heterocycles. The summed E-state index contributed by atoms with van der Waals surface area (Å²) in [4.78, 5) is 13.0. The zero-order valence-corrected chi connectivity index (χ0v) is 10.6. The van der Waals surface area contributed by atoms with E-state index in [1.54, 1.807) is 4.90 Å². The average Bonchev–Trinajstić information content (AvgIpc) is 2.38. The van der Waals surface area contributed by atoms with E-state index in [1.807, 2.05) is 0 Å². The maximum atomic E-state index is 12.4. The molecular weight excluding hydrogens is 255 g/mol. The first-order chi connectivity index (χ1) is 8.88. The lowest BCUT2D eigenvalue weighted by Gasteiger charge is -2.31. The number of alkyl halides is 3. The molecule has 0 N–H and O–H groups in total. The van der Waals surface area contributed by atoms with Crippen LogP contribution < -0.4 is 0 Å². The number of piperidine rings is 1. The van der Waals surface area contributed by atoms with Crippen molar-refractivity contribution in [1.82, 2.24) is 4.90 Å². The molecule has 0 atom stereocenters. The number of hydrogen-bond donors (Lipinski definition) is 0. The van der Waals surface area contributed by atoms with Gasteiger partial charge in [-0.3, -0.25) is 4.79 Å². The topological polar surface area (TPSA) is 20.3 Å². The number of carbonyl (C=O) groups is 1. The Morgan fingerprint density at radius 1 is 1.32 bits per heavy atom. The van der Waals surface area contributed by atoms with Gasteiger partial charge in [0.15, 0.2) is 0 Å². The molecule has 0 saturated carbocycles. The maximum Gasteiger partial charge on any atom is 0.417 e. The fourth-order valence-electron chi connectivity index (χ4n) is 2.39. The normalized spacial score (nSPS) is 17.6. The highest BCUT2D eigenvalue weighted by molar-refractivity contribution is 5.73. The van der Waals surface area contributed by atoms with Crippen LogP contribution in [-0.4, -0.2) is 23.9 Å². The van der Waals surface area contributed by atoms with Crippen molar-refractivity contribution in [3.8, 4) is 0 Å². The minimum absolute atomic E-state index is 0.0532. The summed E-state index contributed by atoms with van der Waals surface area (Å²) in [5.41, 5.74) is 0.133. The molecule has 0 spiro atoms. The molecule has 1 fully saturated rings. The third-order valence-corrected chi connectivity index (χ3v) is 3.55. The van der Waals surface area contributed by atoms with Gasteiger partial charge in [-0.15, -0.1) is 0 Å². The fourth-order valence-corrected chi connectivity index (χ4v) is 2.39. The third-order valence-electron chi connectivity index (χ3n) is 3.55. The van der Waals surface area contributed by atoms with Gasteiger partial charge in [0.05, 0.1) is 5.56 Å². The highest BCUT2D eigenvalue weighted by Crippen LogP contribution is 2.32. The van der Waals surface area contributed by atoms with Crippen LogP contribution in [0.1, 0.15) is 36.8 Å². The molecule has 1 aliphatic heterocycles. The summed E-state index contributed by atoms with van der Waals surface area (Å²) in [6.07, 6.45) is -2.76. The van der Waals surface area contributed by atoms with E-state index >= 15 is 0 Å². The van der Waals surface area contributed by atoms with E-state index < -0.39 is 11.7 Å². The van der Waals surface area contributed by atoms with Crippen molar-refractivity contribution < 1.29 is 18.0 Å². The van der Waals surface area contributed by atoms with Crippen LogP contribution in [0.5, 0.6) is 0 Å².